The Balaban J connectivity index is 1.21. The van der Waals surface area contributed by atoms with Crippen LogP contribution in [0.1, 0.15) is 43.6 Å². The highest BCUT2D eigenvalue weighted by molar-refractivity contribution is 7.21. The first-order valence-electron chi connectivity index (χ1n) is 11.3. The minimum atomic E-state index is -0.219. The molecular formula is C27H25ClN2O2S. The number of rotatable bonds is 6. The van der Waals surface area contributed by atoms with Gasteiger partial charge in [0.1, 0.15) is 10.8 Å². The molecule has 0 aliphatic heterocycles. The number of fused-ring (bicyclic) bond motifs is 1. The van der Waals surface area contributed by atoms with Gasteiger partial charge in [0, 0.05) is 11.3 Å². The minimum absolute atomic E-state index is 0.0537. The van der Waals surface area contributed by atoms with Gasteiger partial charge in [-0.05, 0) is 66.8 Å². The largest absolute Gasteiger partial charge is 0.484 e. The molecule has 1 N–H and O–H groups in total. The molecule has 4 aromatic rings. The summed E-state index contributed by atoms with van der Waals surface area (Å²) in [6.45, 7) is -0.0537. The van der Waals surface area contributed by atoms with Gasteiger partial charge in [-0.3, -0.25) is 4.79 Å². The molecule has 33 heavy (non-hydrogen) atoms. The normalized spacial score (nSPS) is 14.3. The second-order valence-electron chi connectivity index (χ2n) is 8.42. The smallest absolute Gasteiger partial charge is 0.262 e. The first kappa shape index (κ1) is 21.9. The average Bonchev–Trinajstić information content (AvgIpc) is 3.29. The van der Waals surface area contributed by atoms with Crippen molar-refractivity contribution in [1.29, 1.82) is 0 Å². The van der Waals surface area contributed by atoms with Gasteiger partial charge in [0.25, 0.3) is 5.91 Å². The molecule has 1 heterocycles. The van der Waals surface area contributed by atoms with E-state index in [-0.39, 0.29) is 12.5 Å². The monoisotopic (exact) mass is 476 g/mol. The molecule has 0 saturated heterocycles. The number of carbonyl (C=O) groups excluding carboxylic acids is 1. The zero-order chi connectivity index (χ0) is 22.6. The van der Waals surface area contributed by atoms with Crippen molar-refractivity contribution in [3.05, 3.63) is 77.3 Å². The second-order valence-corrected chi connectivity index (χ2v) is 9.86. The number of nitrogens with one attached hydrogen (secondary N) is 1. The van der Waals surface area contributed by atoms with Crippen LogP contribution in [0, 0.1) is 0 Å². The number of halogens is 1. The zero-order valence-electron chi connectivity index (χ0n) is 18.2. The molecular weight excluding hydrogens is 452 g/mol. The van der Waals surface area contributed by atoms with E-state index in [2.05, 4.69) is 22.4 Å². The fourth-order valence-corrected chi connectivity index (χ4v) is 5.63. The van der Waals surface area contributed by atoms with Crippen LogP contribution >= 0.6 is 22.9 Å². The molecule has 3 aromatic carbocycles. The summed E-state index contributed by atoms with van der Waals surface area (Å²) in [5.41, 5.74) is 3.77. The molecule has 0 atom stereocenters. The van der Waals surface area contributed by atoms with Crippen molar-refractivity contribution >= 4 is 44.7 Å². The van der Waals surface area contributed by atoms with E-state index in [0.29, 0.717) is 22.4 Å². The Hall–Kier alpha value is -2.89. The van der Waals surface area contributed by atoms with Crippen molar-refractivity contribution in [2.75, 3.05) is 11.9 Å². The van der Waals surface area contributed by atoms with Crippen LogP contribution in [0.4, 0.5) is 5.69 Å². The van der Waals surface area contributed by atoms with Crippen molar-refractivity contribution in [1.82, 2.24) is 4.98 Å². The van der Waals surface area contributed by atoms with Crippen molar-refractivity contribution in [3.8, 4) is 16.3 Å². The average molecular weight is 477 g/mol. The zero-order valence-corrected chi connectivity index (χ0v) is 19.8. The van der Waals surface area contributed by atoms with E-state index in [1.807, 2.05) is 42.5 Å². The Morgan fingerprint density at radius 2 is 1.82 bits per heavy atom. The summed E-state index contributed by atoms with van der Waals surface area (Å²) >= 11 is 8.01. The number of thiazole rings is 1. The molecule has 1 fully saturated rings. The van der Waals surface area contributed by atoms with Crippen LogP contribution in [0.15, 0.2) is 66.7 Å². The summed E-state index contributed by atoms with van der Waals surface area (Å²) in [7, 11) is 0. The van der Waals surface area contributed by atoms with Crippen LogP contribution in [0.3, 0.4) is 0 Å². The number of benzene rings is 3. The van der Waals surface area contributed by atoms with E-state index in [1.54, 1.807) is 23.5 Å². The maximum Gasteiger partial charge on any atom is 0.262 e. The van der Waals surface area contributed by atoms with E-state index in [9.17, 15) is 4.79 Å². The van der Waals surface area contributed by atoms with Crippen LogP contribution < -0.4 is 10.1 Å². The lowest BCUT2D eigenvalue weighted by molar-refractivity contribution is -0.118. The summed E-state index contributed by atoms with van der Waals surface area (Å²) in [6, 6.07) is 21.6. The molecule has 168 valence electrons. The Morgan fingerprint density at radius 3 is 2.61 bits per heavy atom. The van der Waals surface area contributed by atoms with Gasteiger partial charge in [-0.2, -0.15) is 0 Å². The first-order chi connectivity index (χ1) is 16.2. The molecule has 1 aliphatic rings. The highest BCUT2D eigenvalue weighted by Gasteiger charge is 2.16. The van der Waals surface area contributed by atoms with Gasteiger partial charge in [0.15, 0.2) is 6.61 Å². The number of ether oxygens (including phenoxy) is 1. The topological polar surface area (TPSA) is 51.2 Å². The van der Waals surface area contributed by atoms with Gasteiger partial charge in [-0.1, -0.05) is 55.1 Å². The maximum absolute atomic E-state index is 12.5. The highest BCUT2D eigenvalue weighted by Crippen LogP contribution is 2.36. The van der Waals surface area contributed by atoms with Gasteiger partial charge in [-0.25, -0.2) is 4.98 Å². The molecule has 1 aromatic heterocycles. The summed E-state index contributed by atoms with van der Waals surface area (Å²) < 4.78 is 6.81. The molecule has 1 aliphatic carbocycles. The number of amides is 1. The van der Waals surface area contributed by atoms with Crippen LogP contribution in [0.5, 0.6) is 5.75 Å². The maximum atomic E-state index is 12.5. The van der Waals surface area contributed by atoms with Crippen LogP contribution in [0.2, 0.25) is 5.02 Å². The lowest BCUT2D eigenvalue weighted by atomic mass is 9.84. The first-order valence-corrected chi connectivity index (χ1v) is 12.5. The minimum Gasteiger partial charge on any atom is -0.484 e. The van der Waals surface area contributed by atoms with Crippen molar-refractivity contribution < 1.29 is 9.53 Å². The van der Waals surface area contributed by atoms with E-state index >= 15 is 0 Å². The molecule has 0 radical (unpaired) electrons. The van der Waals surface area contributed by atoms with E-state index in [1.165, 1.54) is 37.7 Å². The number of para-hydroxylation sites is 1. The Labute approximate surface area is 202 Å². The number of nitrogens with zero attached hydrogens (tertiary/aromatic N) is 1. The van der Waals surface area contributed by atoms with Crippen LogP contribution in [-0.4, -0.2) is 17.5 Å². The Bertz CT molecular complexity index is 1230. The predicted molar refractivity (Wildman–Crippen MR) is 136 cm³/mol. The quantitative estimate of drug-likeness (QED) is 0.310. The Morgan fingerprint density at radius 1 is 1.03 bits per heavy atom. The van der Waals surface area contributed by atoms with Crippen molar-refractivity contribution in [2.24, 2.45) is 0 Å². The summed E-state index contributed by atoms with van der Waals surface area (Å²) in [5.74, 6) is 1.14. The van der Waals surface area contributed by atoms with Gasteiger partial charge < -0.3 is 10.1 Å². The SMILES string of the molecule is O=C(COc1ccc(C2CCCCC2)cc1)Nc1ccc(Cl)c(-c2nc3ccccc3s2)c1. The molecule has 0 spiro atoms. The third-order valence-corrected chi connectivity index (χ3v) is 7.50. The fourth-order valence-electron chi connectivity index (χ4n) is 4.37. The number of hydrogen-bond acceptors (Lipinski definition) is 4. The summed E-state index contributed by atoms with van der Waals surface area (Å²) in [6.07, 6.45) is 6.51. The fraction of sp³-hybridized carbons (Fsp3) is 0.259. The molecule has 4 nitrogen and oxygen atoms in total. The van der Waals surface area contributed by atoms with Crippen LogP contribution in [-0.2, 0) is 4.79 Å². The van der Waals surface area contributed by atoms with Crippen molar-refractivity contribution in [2.45, 2.75) is 38.0 Å². The molecule has 6 heteroatoms. The van der Waals surface area contributed by atoms with Gasteiger partial charge in [-0.15, -0.1) is 11.3 Å². The van der Waals surface area contributed by atoms with Gasteiger partial charge in [0.05, 0.1) is 15.2 Å². The standard InChI is InChI=1S/C27H25ClN2O2S/c28-23-15-12-20(16-22(23)27-30-24-8-4-5-9-25(24)33-27)29-26(31)17-32-21-13-10-19(11-14-21)18-6-2-1-3-7-18/h4-5,8-16,18H,1-3,6-7,17H2,(H,29,31). The molecule has 1 amide bonds. The highest BCUT2D eigenvalue weighted by atomic mass is 35.5. The number of anilines is 1. The van der Waals surface area contributed by atoms with Gasteiger partial charge >= 0.3 is 0 Å². The molecule has 0 unspecified atom stereocenters. The van der Waals surface area contributed by atoms with E-state index in [0.717, 1.165) is 20.8 Å². The van der Waals surface area contributed by atoms with Crippen molar-refractivity contribution in [3.63, 3.8) is 0 Å². The Kier molecular flexibility index (Phi) is 6.60. The number of hydrogen-bond donors (Lipinski definition) is 1. The summed E-state index contributed by atoms with van der Waals surface area (Å²) in [4.78, 5) is 17.2. The third kappa shape index (κ3) is 5.21. The number of aromatic nitrogens is 1. The second kappa shape index (κ2) is 9.94. The molecule has 5 rings (SSSR count). The lowest BCUT2D eigenvalue weighted by Crippen LogP contribution is -2.20. The third-order valence-electron chi connectivity index (χ3n) is 6.10. The number of carbonyl (C=O) groups is 1. The van der Waals surface area contributed by atoms with Gasteiger partial charge in [0.2, 0.25) is 0 Å². The van der Waals surface area contributed by atoms with E-state index in [4.69, 9.17) is 16.3 Å². The van der Waals surface area contributed by atoms with Crippen LogP contribution in [0.25, 0.3) is 20.8 Å². The molecule has 1 saturated carbocycles. The summed E-state index contributed by atoms with van der Waals surface area (Å²) in [5, 5.41) is 4.32. The van der Waals surface area contributed by atoms with E-state index < -0.39 is 0 Å². The lowest BCUT2D eigenvalue weighted by Gasteiger charge is -2.22. The molecule has 0 bridgehead atoms. The predicted octanol–water partition coefficient (Wildman–Crippen LogP) is 7.68.